The van der Waals surface area contributed by atoms with E-state index in [9.17, 15) is 9.90 Å². The van der Waals surface area contributed by atoms with Crippen molar-refractivity contribution < 1.29 is 9.90 Å². The van der Waals surface area contributed by atoms with Crippen LogP contribution in [0.15, 0.2) is 0 Å². The van der Waals surface area contributed by atoms with Gasteiger partial charge in [-0.25, -0.2) is 0 Å². The Morgan fingerprint density at radius 3 is 2.81 bits per heavy atom. The lowest BCUT2D eigenvalue weighted by Crippen LogP contribution is -2.21. The Balaban J connectivity index is 1.74. The molecule has 0 heterocycles. The van der Waals surface area contributed by atoms with E-state index in [-0.39, 0.29) is 0 Å². The molecule has 3 atom stereocenters. The molecule has 2 fully saturated rings. The first-order chi connectivity index (χ1) is 7.45. The minimum absolute atomic E-state index is 0.343. The summed E-state index contributed by atoms with van der Waals surface area (Å²) in [5.74, 6) is 1.16. The summed E-state index contributed by atoms with van der Waals surface area (Å²) in [7, 11) is 0. The maximum absolute atomic E-state index is 10.7. The van der Waals surface area contributed by atoms with Crippen molar-refractivity contribution in [2.75, 3.05) is 0 Å². The molecular formula is C14H24O2. The molecule has 0 radical (unpaired) electrons. The van der Waals surface area contributed by atoms with Gasteiger partial charge in [0.1, 0.15) is 6.29 Å². The van der Waals surface area contributed by atoms with Gasteiger partial charge >= 0.3 is 0 Å². The molecule has 0 aliphatic heterocycles. The average molecular weight is 224 g/mol. The largest absolute Gasteiger partial charge is 0.390 e. The van der Waals surface area contributed by atoms with Crippen LogP contribution in [0.3, 0.4) is 0 Å². The van der Waals surface area contributed by atoms with Crippen molar-refractivity contribution in [3.8, 4) is 0 Å². The standard InChI is InChI=1S/C14H24O2/c1-13(2,16)5-3-6-14-7-4-11(10-15)8-12(14)9-14/h10-12,16H,3-9H2,1-2H3. The third-order valence-corrected chi connectivity index (χ3v) is 4.61. The van der Waals surface area contributed by atoms with Crippen LogP contribution in [0.4, 0.5) is 0 Å². The van der Waals surface area contributed by atoms with E-state index < -0.39 is 5.60 Å². The summed E-state index contributed by atoms with van der Waals surface area (Å²) in [6.07, 6.45) is 9.25. The molecule has 0 aromatic carbocycles. The summed E-state index contributed by atoms with van der Waals surface area (Å²) in [6, 6.07) is 0. The summed E-state index contributed by atoms with van der Waals surface area (Å²) >= 11 is 0. The first kappa shape index (κ1) is 12.1. The molecule has 0 aromatic heterocycles. The van der Waals surface area contributed by atoms with E-state index in [0.29, 0.717) is 11.3 Å². The van der Waals surface area contributed by atoms with Gasteiger partial charge in [-0.05, 0) is 63.7 Å². The topological polar surface area (TPSA) is 37.3 Å². The van der Waals surface area contributed by atoms with Crippen LogP contribution in [0, 0.1) is 17.3 Å². The first-order valence-electron chi connectivity index (χ1n) is 6.63. The molecule has 0 bridgehead atoms. The van der Waals surface area contributed by atoms with Gasteiger partial charge in [0.05, 0.1) is 5.60 Å². The summed E-state index contributed by atoms with van der Waals surface area (Å²) in [4.78, 5) is 10.7. The molecule has 0 spiro atoms. The van der Waals surface area contributed by atoms with Crippen LogP contribution in [-0.2, 0) is 4.79 Å². The molecule has 0 amide bonds. The SMILES string of the molecule is CC(C)(O)CCCC12CCC(C=O)CC1C2. The molecule has 2 aliphatic rings. The zero-order valence-corrected chi connectivity index (χ0v) is 10.5. The highest BCUT2D eigenvalue weighted by atomic mass is 16.3. The van der Waals surface area contributed by atoms with E-state index in [2.05, 4.69) is 0 Å². The lowest BCUT2D eigenvalue weighted by Gasteiger charge is -2.26. The molecule has 2 aliphatic carbocycles. The minimum Gasteiger partial charge on any atom is -0.390 e. The van der Waals surface area contributed by atoms with Crippen molar-refractivity contribution in [3.63, 3.8) is 0 Å². The summed E-state index contributed by atoms with van der Waals surface area (Å²) < 4.78 is 0. The van der Waals surface area contributed by atoms with E-state index in [1.165, 1.54) is 19.3 Å². The molecule has 16 heavy (non-hydrogen) atoms. The maximum Gasteiger partial charge on any atom is 0.123 e. The number of hydrogen-bond donors (Lipinski definition) is 1. The number of fused-ring (bicyclic) bond motifs is 1. The van der Waals surface area contributed by atoms with Crippen LogP contribution in [0.5, 0.6) is 0 Å². The zero-order valence-electron chi connectivity index (χ0n) is 10.5. The van der Waals surface area contributed by atoms with Crippen molar-refractivity contribution in [2.45, 2.75) is 64.4 Å². The highest BCUT2D eigenvalue weighted by Gasteiger charge is 2.55. The average Bonchev–Trinajstić information content (AvgIpc) is 2.88. The van der Waals surface area contributed by atoms with Gasteiger partial charge in [-0.2, -0.15) is 0 Å². The van der Waals surface area contributed by atoms with Crippen molar-refractivity contribution in [1.82, 2.24) is 0 Å². The molecular weight excluding hydrogens is 200 g/mol. The number of aliphatic hydroxyl groups is 1. The van der Waals surface area contributed by atoms with Crippen LogP contribution >= 0.6 is 0 Å². The fourth-order valence-corrected chi connectivity index (χ4v) is 3.46. The molecule has 0 saturated heterocycles. The van der Waals surface area contributed by atoms with Crippen LogP contribution in [0.2, 0.25) is 0 Å². The van der Waals surface area contributed by atoms with Crippen molar-refractivity contribution in [2.24, 2.45) is 17.3 Å². The molecule has 2 nitrogen and oxygen atoms in total. The second-order valence-corrected chi connectivity index (χ2v) is 6.60. The second kappa shape index (κ2) is 4.14. The fraction of sp³-hybridized carbons (Fsp3) is 0.929. The minimum atomic E-state index is -0.513. The van der Waals surface area contributed by atoms with Gasteiger partial charge in [-0.15, -0.1) is 0 Å². The third kappa shape index (κ3) is 2.65. The van der Waals surface area contributed by atoms with E-state index in [4.69, 9.17) is 0 Å². The number of hydrogen-bond acceptors (Lipinski definition) is 2. The predicted molar refractivity (Wildman–Crippen MR) is 64.1 cm³/mol. The molecule has 2 heteroatoms. The highest BCUT2D eigenvalue weighted by Crippen LogP contribution is 2.64. The smallest absolute Gasteiger partial charge is 0.123 e. The molecule has 92 valence electrons. The predicted octanol–water partition coefficient (Wildman–Crippen LogP) is 2.93. The van der Waals surface area contributed by atoms with Crippen LogP contribution in [0.1, 0.15) is 58.8 Å². The number of carbonyl (C=O) groups is 1. The Morgan fingerprint density at radius 2 is 2.25 bits per heavy atom. The van der Waals surface area contributed by atoms with E-state index in [1.54, 1.807) is 0 Å². The van der Waals surface area contributed by atoms with Gasteiger partial charge in [0.15, 0.2) is 0 Å². The van der Waals surface area contributed by atoms with E-state index in [1.807, 2.05) is 13.8 Å². The molecule has 0 aromatic rings. The Bertz CT molecular complexity index is 266. The van der Waals surface area contributed by atoms with Crippen LogP contribution < -0.4 is 0 Å². The molecule has 2 rings (SSSR count). The Hall–Kier alpha value is -0.370. The van der Waals surface area contributed by atoms with E-state index in [0.717, 1.165) is 37.9 Å². The zero-order chi connectivity index (χ0) is 11.8. The highest BCUT2D eigenvalue weighted by molar-refractivity contribution is 5.54. The van der Waals surface area contributed by atoms with E-state index >= 15 is 0 Å². The van der Waals surface area contributed by atoms with Gasteiger partial charge in [0.25, 0.3) is 0 Å². The van der Waals surface area contributed by atoms with Crippen LogP contribution in [-0.4, -0.2) is 17.0 Å². The quantitative estimate of drug-likeness (QED) is 0.729. The van der Waals surface area contributed by atoms with Crippen molar-refractivity contribution in [1.29, 1.82) is 0 Å². The summed E-state index contributed by atoms with van der Waals surface area (Å²) in [6.45, 7) is 3.77. The lowest BCUT2D eigenvalue weighted by molar-refractivity contribution is -0.112. The second-order valence-electron chi connectivity index (χ2n) is 6.60. The summed E-state index contributed by atoms with van der Waals surface area (Å²) in [5.41, 5.74) is 0.0613. The number of rotatable bonds is 5. The Labute approximate surface area is 98.4 Å². The Morgan fingerprint density at radius 1 is 1.50 bits per heavy atom. The number of carbonyl (C=O) groups excluding carboxylic acids is 1. The lowest BCUT2D eigenvalue weighted by atomic mass is 9.79. The third-order valence-electron chi connectivity index (χ3n) is 4.61. The molecule has 2 saturated carbocycles. The van der Waals surface area contributed by atoms with Crippen molar-refractivity contribution >= 4 is 6.29 Å². The van der Waals surface area contributed by atoms with Gasteiger partial charge in [0.2, 0.25) is 0 Å². The van der Waals surface area contributed by atoms with Gasteiger partial charge in [-0.1, -0.05) is 6.42 Å². The van der Waals surface area contributed by atoms with Gasteiger partial charge in [0, 0.05) is 5.92 Å². The van der Waals surface area contributed by atoms with Crippen molar-refractivity contribution in [3.05, 3.63) is 0 Å². The Kier molecular flexibility index (Phi) is 3.13. The van der Waals surface area contributed by atoms with Gasteiger partial charge < -0.3 is 9.90 Å². The monoisotopic (exact) mass is 224 g/mol. The van der Waals surface area contributed by atoms with Gasteiger partial charge in [-0.3, -0.25) is 0 Å². The molecule has 1 N–H and O–H groups in total. The van der Waals surface area contributed by atoms with Crippen LogP contribution in [0.25, 0.3) is 0 Å². The fourth-order valence-electron chi connectivity index (χ4n) is 3.46. The first-order valence-corrected chi connectivity index (χ1v) is 6.63. The maximum atomic E-state index is 10.7. The summed E-state index contributed by atoms with van der Waals surface area (Å²) in [5, 5.41) is 9.68. The number of aldehydes is 1. The molecule has 3 unspecified atom stereocenters. The normalized spacial score (nSPS) is 37.9.